The van der Waals surface area contributed by atoms with Crippen molar-refractivity contribution in [1.82, 2.24) is 0 Å². The Kier molecular flexibility index (Phi) is 3.92. The Morgan fingerprint density at radius 1 is 1.06 bits per heavy atom. The first-order valence-electron chi connectivity index (χ1n) is 9.65. The molecule has 8 heteroatoms. The number of carbonyl (C=O) groups excluding carboxylic acids is 4. The minimum Gasteiger partial charge on any atom is -0.466 e. The number of rotatable bonds is 2. The van der Waals surface area contributed by atoms with Crippen molar-refractivity contribution in [2.24, 2.45) is 11.8 Å². The van der Waals surface area contributed by atoms with Crippen molar-refractivity contribution in [3.63, 3.8) is 0 Å². The molecule has 2 aromatic rings. The molecule has 3 atom stereocenters. The van der Waals surface area contributed by atoms with E-state index in [1.807, 2.05) is 0 Å². The lowest BCUT2D eigenvalue weighted by Gasteiger charge is -2.31. The highest BCUT2D eigenvalue weighted by molar-refractivity contribution is 6.29. The molecule has 1 aliphatic carbocycles. The number of anilines is 2. The van der Waals surface area contributed by atoms with Crippen LogP contribution in [0.4, 0.5) is 15.8 Å². The van der Waals surface area contributed by atoms with E-state index in [9.17, 15) is 23.6 Å². The Bertz CT molecular complexity index is 1210. The summed E-state index contributed by atoms with van der Waals surface area (Å²) in [6.07, 6.45) is 1.34. The first-order valence-corrected chi connectivity index (χ1v) is 9.65. The van der Waals surface area contributed by atoms with E-state index in [1.54, 1.807) is 30.3 Å². The number of likely N-dealkylation sites (N-methyl/N-ethyl adjacent to an activating group) is 1. The third-order valence-electron chi connectivity index (χ3n) is 6.40. The van der Waals surface area contributed by atoms with Crippen molar-refractivity contribution in [3.8, 4) is 0 Å². The van der Waals surface area contributed by atoms with Crippen LogP contribution in [0.25, 0.3) is 0 Å². The van der Waals surface area contributed by atoms with Crippen LogP contribution in [0.1, 0.15) is 5.56 Å². The number of imide groups is 1. The molecule has 0 radical (unpaired) electrons. The molecule has 3 aliphatic rings. The van der Waals surface area contributed by atoms with Gasteiger partial charge in [-0.25, -0.2) is 14.1 Å². The molecule has 1 spiro atoms. The molecule has 0 bridgehead atoms. The molecular weight excluding hydrogens is 403 g/mol. The summed E-state index contributed by atoms with van der Waals surface area (Å²) in [5.74, 6) is -5.45. The summed E-state index contributed by atoms with van der Waals surface area (Å²) in [4.78, 5) is 55.6. The van der Waals surface area contributed by atoms with Crippen LogP contribution in [0, 0.1) is 17.7 Å². The van der Waals surface area contributed by atoms with Crippen LogP contribution < -0.4 is 9.80 Å². The highest BCUT2D eigenvalue weighted by Gasteiger charge is 2.71. The predicted molar refractivity (Wildman–Crippen MR) is 108 cm³/mol. The van der Waals surface area contributed by atoms with Gasteiger partial charge in [-0.3, -0.25) is 14.4 Å². The maximum absolute atomic E-state index is 14.3. The zero-order valence-corrected chi connectivity index (χ0v) is 16.7. The van der Waals surface area contributed by atoms with Gasteiger partial charge in [0, 0.05) is 12.7 Å². The van der Waals surface area contributed by atoms with Crippen LogP contribution in [0.15, 0.2) is 60.2 Å². The largest absolute Gasteiger partial charge is 0.466 e. The average Bonchev–Trinajstić information content (AvgIpc) is 3.33. The van der Waals surface area contributed by atoms with E-state index in [-0.39, 0.29) is 11.1 Å². The number of carbonyl (C=O) groups is 4. The quantitative estimate of drug-likeness (QED) is 0.548. The topological polar surface area (TPSA) is 84.0 Å². The fourth-order valence-electron chi connectivity index (χ4n) is 5.13. The molecule has 0 unspecified atom stereocenters. The second-order valence-electron chi connectivity index (χ2n) is 7.76. The zero-order valence-electron chi connectivity index (χ0n) is 16.7. The van der Waals surface area contributed by atoms with Crippen LogP contribution in [0.2, 0.25) is 0 Å². The van der Waals surface area contributed by atoms with Gasteiger partial charge in [0.1, 0.15) is 11.2 Å². The molecular formula is C23H17FN2O5. The molecule has 3 amide bonds. The molecule has 0 saturated carbocycles. The van der Waals surface area contributed by atoms with Crippen molar-refractivity contribution in [3.05, 3.63) is 71.6 Å². The Hall–Kier alpha value is -3.81. The summed E-state index contributed by atoms with van der Waals surface area (Å²) in [6.45, 7) is 0. The van der Waals surface area contributed by atoms with Crippen molar-refractivity contribution in [2.45, 2.75) is 5.41 Å². The molecule has 7 nitrogen and oxygen atoms in total. The van der Waals surface area contributed by atoms with Gasteiger partial charge >= 0.3 is 5.97 Å². The average molecular weight is 420 g/mol. The Morgan fingerprint density at radius 3 is 2.45 bits per heavy atom. The van der Waals surface area contributed by atoms with E-state index >= 15 is 0 Å². The van der Waals surface area contributed by atoms with Crippen molar-refractivity contribution in [2.75, 3.05) is 24.0 Å². The van der Waals surface area contributed by atoms with E-state index in [0.29, 0.717) is 11.4 Å². The maximum atomic E-state index is 14.3. The molecule has 156 valence electrons. The molecule has 5 rings (SSSR count). The molecule has 2 heterocycles. The number of nitrogens with zero attached hydrogens (tertiary/aromatic N) is 2. The minimum atomic E-state index is -1.83. The molecule has 2 aromatic carbocycles. The van der Waals surface area contributed by atoms with Crippen LogP contribution >= 0.6 is 0 Å². The fourth-order valence-corrected chi connectivity index (χ4v) is 5.13. The van der Waals surface area contributed by atoms with Crippen LogP contribution in [-0.2, 0) is 29.3 Å². The van der Waals surface area contributed by atoms with Gasteiger partial charge in [0.2, 0.25) is 17.7 Å². The number of methoxy groups -OCH3 is 1. The van der Waals surface area contributed by atoms with Crippen LogP contribution in [-0.4, -0.2) is 37.8 Å². The summed E-state index contributed by atoms with van der Waals surface area (Å²) in [6, 6.07) is 12.1. The monoisotopic (exact) mass is 420 g/mol. The summed E-state index contributed by atoms with van der Waals surface area (Å²) in [7, 11) is 2.65. The summed E-state index contributed by atoms with van der Waals surface area (Å²) >= 11 is 0. The van der Waals surface area contributed by atoms with Gasteiger partial charge in [0.25, 0.3) is 0 Å². The van der Waals surface area contributed by atoms with Crippen molar-refractivity contribution in [1.29, 1.82) is 0 Å². The summed E-state index contributed by atoms with van der Waals surface area (Å²) < 4.78 is 19.2. The second kappa shape index (κ2) is 6.34. The zero-order chi connectivity index (χ0) is 22.1. The first-order chi connectivity index (χ1) is 14.8. The van der Waals surface area contributed by atoms with Gasteiger partial charge in [-0.05, 0) is 35.9 Å². The van der Waals surface area contributed by atoms with Crippen LogP contribution in [0.5, 0.6) is 0 Å². The molecule has 2 aliphatic heterocycles. The SMILES string of the molecule is COC(=O)C1=C[C@@H]2C(=O)N(c3ccccc3)C(=O)[C@@H]2[C@]12C(=O)N(C)c1ccc(F)cc12. The second-order valence-corrected chi connectivity index (χ2v) is 7.76. The molecule has 1 fully saturated rings. The van der Waals surface area contributed by atoms with Gasteiger partial charge in [0.15, 0.2) is 0 Å². The lowest BCUT2D eigenvalue weighted by atomic mass is 9.67. The fraction of sp³-hybridized carbons (Fsp3) is 0.217. The minimum absolute atomic E-state index is 0.111. The third kappa shape index (κ3) is 2.21. The number of ether oxygens (including phenoxy) is 1. The van der Waals surface area contributed by atoms with E-state index in [4.69, 9.17) is 4.74 Å². The lowest BCUT2D eigenvalue weighted by molar-refractivity contribution is -0.139. The van der Waals surface area contributed by atoms with E-state index in [2.05, 4.69) is 0 Å². The molecule has 31 heavy (non-hydrogen) atoms. The van der Waals surface area contributed by atoms with E-state index in [1.165, 1.54) is 30.2 Å². The van der Waals surface area contributed by atoms with Gasteiger partial charge in [0.05, 0.1) is 30.2 Å². The molecule has 0 N–H and O–H groups in total. The molecule has 0 aromatic heterocycles. The number of hydrogen-bond donors (Lipinski definition) is 0. The number of esters is 1. The van der Waals surface area contributed by atoms with E-state index in [0.717, 1.165) is 18.1 Å². The molecule has 1 saturated heterocycles. The number of benzene rings is 2. The van der Waals surface area contributed by atoms with Crippen molar-refractivity contribution >= 4 is 35.1 Å². The highest BCUT2D eigenvalue weighted by atomic mass is 19.1. The number of fused-ring (bicyclic) bond motifs is 4. The number of para-hydroxylation sites is 1. The number of halogens is 1. The van der Waals surface area contributed by atoms with Crippen molar-refractivity contribution < 1.29 is 28.3 Å². The number of amides is 3. The lowest BCUT2D eigenvalue weighted by Crippen LogP contribution is -2.49. The third-order valence-corrected chi connectivity index (χ3v) is 6.40. The summed E-state index contributed by atoms with van der Waals surface area (Å²) in [5.41, 5.74) is -1.02. The Morgan fingerprint density at radius 2 is 1.77 bits per heavy atom. The predicted octanol–water partition coefficient (Wildman–Crippen LogP) is 1.96. The smallest absolute Gasteiger partial charge is 0.334 e. The standard InChI is InChI=1S/C23H17FN2O5/c1-25-17-9-8-12(24)10-15(17)23(22(25)30)16(21(29)31-2)11-14-18(23)20(28)26(19(14)27)13-6-4-3-5-7-13/h3-11,14,18H,1-2H3/t14-,18+,23+/m0/s1. The maximum Gasteiger partial charge on any atom is 0.334 e. The van der Waals surface area contributed by atoms with Gasteiger partial charge in [-0.15, -0.1) is 0 Å². The summed E-state index contributed by atoms with van der Waals surface area (Å²) in [5, 5.41) is 0. The van der Waals surface area contributed by atoms with E-state index < -0.39 is 46.8 Å². The van der Waals surface area contributed by atoms with Gasteiger partial charge < -0.3 is 9.64 Å². The van der Waals surface area contributed by atoms with Crippen LogP contribution in [0.3, 0.4) is 0 Å². The first kappa shape index (κ1) is 19.2. The Labute approximate surface area is 176 Å². The van der Waals surface area contributed by atoms with Gasteiger partial charge in [-0.2, -0.15) is 0 Å². The van der Waals surface area contributed by atoms with Gasteiger partial charge in [-0.1, -0.05) is 24.3 Å². The highest BCUT2D eigenvalue weighted by Crippen LogP contribution is 2.59. The number of hydrogen-bond acceptors (Lipinski definition) is 5. The Balaban J connectivity index is 1.78. The normalized spacial score (nSPS) is 26.4.